The van der Waals surface area contributed by atoms with E-state index in [1.807, 2.05) is 36.4 Å². The van der Waals surface area contributed by atoms with Crippen molar-refractivity contribution in [2.75, 3.05) is 7.11 Å². The predicted octanol–water partition coefficient (Wildman–Crippen LogP) is 2.08. The Hall–Kier alpha value is -3.15. The van der Waals surface area contributed by atoms with Crippen molar-refractivity contribution in [2.45, 2.75) is 13.0 Å². The number of carbonyl (C=O) groups is 1. The number of fused-ring (bicyclic) bond motifs is 1. The molecule has 1 aromatic heterocycles. The molecule has 6 nitrogen and oxygen atoms in total. The molecule has 0 saturated carbocycles. The van der Waals surface area contributed by atoms with E-state index in [-0.39, 0.29) is 0 Å². The van der Waals surface area contributed by atoms with Crippen molar-refractivity contribution < 1.29 is 14.6 Å². The van der Waals surface area contributed by atoms with Gasteiger partial charge in [0.2, 0.25) is 0 Å². The van der Waals surface area contributed by atoms with Gasteiger partial charge >= 0.3 is 5.97 Å². The molecular formula is C18H16N2O4. The highest BCUT2D eigenvalue weighted by Crippen LogP contribution is 2.19. The summed E-state index contributed by atoms with van der Waals surface area (Å²) in [6.07, 6.45) is 0.470. The lowest BCUT2D eigenvalue weighted by Crippen LogP contribution is -2.28. The van der Waals surface area contributed by atoms with Crippen LogP contribution in [0, 0.1) is 0 Å². The van der Waals surface area contributed by atoms with Crippen molar-refractivity contribution in [3.63, 3.8) is 0 Å². The Bertz CT molecular complexity index is 963. The van der Waals surface area contributed by atoms with Crippen molar-refractivity contribution in [3.8, 4) is 5.75 Å². The zero-order valence-corrected chi connectivity index (χ0v) is 13.1. The second kappa shape index (κ2) is 6.54. The van der Waals surface area contributed by atoms with Gasteiger partial charge in [0, 0.05) is 11.8 Å². The van der Waals surface area contributed by atoms with Gasteiger partial charge in [-0.3, -0.25) is 9.59 Å². The van der Waals surface area contributed by atoms with E-state index in [1.165, 1.54) is 0 Å². The minimum Gasteiger partial charge on any atom is -0.497 e. The van der Waals surface area contributed by atoms with E-state index >= 15 is 0 Å². The first-order chi connectivity index (χ1) is 11.6. The molecule has 0 aliphatic heterocycles. The van der Waals surface area contributed by atoms with E-state index in [0.29, 0.717) is 17.5 Å². The molecule has 0 bridgehead atoms. The van der Waals surface area contributed by atoms with Crippen molar-refractivity contribution in [2.24, 2.45) is 0 Å². The van der Waals surface area contributed by atoms with Crippen LogP contribution in [0.5, 0.6) is 5.75 Å². The molecule has 122 valence electrons. The highest BCUT2D eigenvalue weighted by molar-refractivity contribution is 5.84. The van der Waals surface area contributed by atoms with E-state index in [1.54, 1.807) is 19.2 Å². The summed E-state index contributed by atoms with van der Waals surface area (Å²) in [7, 11) is 1.60. The largest absolute Gasteiger partial charge is 0.497 e. The lowest BCUT2D eigenvalue weighted by Gasteiger charge is -2.10. The third-order valence-corrected chi connectivity index (χ3v) is 3.73. The Kier molecular flexibility index (Phi) is 4.29. The molecule has 2 aromatic carbocycles. The fraction of sp³-hybridized carbons (Fsp3) is 0.167. The van der Waals surface area contributed by atoms with Crippen molar-refractivity contribution in [1.29, 1.82) is 0 Å². The molecule has 3 rings (SSSR count). The number of hydrogen-bond acceptors (Lipinski definition) is 4. The van der Waals surface area contributed by atoms with Crippen LogP contribution < -0.4 is 10.3 Å². The van der Waals surface area contributed by atoms with Crippen LogP contribution in [0.4, 0.5) is 0 Å². The molecule has 3 aromatic rings. The molecule has 1 heterocycles. The fourth-order valence-corrected chi connectivity index (χ4v) is 2.65. The van der Waals surface area contributed by atoms with Crippen molar-refractivity contribution in [3.05, 3.63) is 70.1 Å². The first kappa shape index (κ1) is 15.7. The molecule has 0 radical (unpaired) electrons. The molecular weight excluding hydrogens is 308 g/mol. The van der Waals surface area contributed by atoms with Gasteiger partial charge in [-0.15, -0.1) is 0 Å². The Morgan fingerprint density at radius 3 is 2.62 bits per heavy atom. The molecule has 0 spiro atoms. The maximum Gasteiger partial charge on any atom is 0.325 e. The van der Waals surface area contributed by atoms with Gasteiger partial charge in [-0.05, 0) is 23.8 Å². The zero-order valence-electron chi connectivity index (χ0n) is 13.1. The molecule has 24 heavy (non-hydrogen) atoms. The van der Waals surface area contributed by atoms with Crippen LogP contribution in [-0.4, -0.2) is 28.0 Å². The van der Waals surface area contributed by atoms with Crippen LogP contribution in [0.2, 0.25) is 0 Å². The summed E-state index contributed by atoms with van der Waals surface area (Å²) in [5.41, 5.74) is 1.22. The van der Waals surface area contributed by atoms with Crippen LogP contribution in [0.1, 0.15) is 11.3 Å². The third kappa shape index (κ3) is 3.12. The number of methoxy groups -OCH3 is 1. The minimum atomic E-state index is -1.10. The van der Waals surface area contributed by atoms with Crippen molar-refractivity contribution in [1.82, 2.24) is 9.78 Å². The first-order valence-corrected chi connectivity index (χ1v) is 7.42. The average molecular weight is 324 g/mol. The number of carboxylic acid groups (broad SMARTS) is 1. The van der Waals surface area contributed by atoms with E-state index < -0.39 is 18.1 Å². The van der Waals surface area contributed by atoms with Crippen LogP contribution in [0.25, 0.3) is 10.8 Å². The molecule has 0 saturated heterocycles. The number of aliphatic carboxylic acids is 1. The average Bonchev–Trinajstić information content (AvgIpc) is 2.59. The molecule has 0 atom stereocenters. The van der Waals surface area contributed by atoms with Gasteiger partial charge in [0.1, 0.15) is 12.3 Å². The molecule has 0 aliphatic carbocycles. The van der Waals surface area contributed by atoms with Crippen molar-refractivity contribution >= 4 is 16.7 Å². The summed E-state index contributed by atoms with van der Waals surface area (Å²) in [5.74, 6) is -0.372. The van der Waals surface area contributed by atoms with Crippen LogP contribution >= 0.6 is 0 Å². The third-order valence-electron chi connectivity index (χ3n) is 3.73. The molecule has 0 unspecified atom stereocenters. The first-order valence-electron chi connectivity index (χ1n) is 7.42. The molecule has 6 heteroatoms. The summed E-state index contributed by atoms with van der Waals surface area (Å²) in [6.45, 7) is -0.464. The lowest BCUT2D eigenvalue weighted by molar-refractivity contribution is -0.138. The van der Waals surface area contributed by atoms with E-state index in [0.717, 1.165) is 21.4 Å². The highest BCUT2D eigenvalue weighted by atomic mass is 16.5. The van der Waals surface area contributed by atoms with Gasteiger partial charge < -0.3 is 9.84 Å². The molecule has 0 fully saturated rings. The van der Waals surface area contributed by atoms with Gasteiger partial charge in [0.15, 0.2) is 0 Å². The predicted molar refractivity (Wildman–Crippen MR) is 89.4 cm³/mol. The lowest BCUT2D eigenvalue weighted by atomic mass is 10.0. The van der Waals surface area contributed by atoms with Crippen LogP contribution in [0.3, 0.4) is 0 Å². The number of rotatable bonds is 5. The zero-order chi connectivity index (χ0) is 17.1. The number of hydrogen-bond donors (Lipinski definition) is 1. The smallest absolute Gasteiger partial charge is 0.325 e. The van der Waals surface area contributed by atoms with Gasteiger partial charge in [0.25, 0.3) is 5.56 Å². The normalized spacial score (nSPS) is 10.7. The number of carboxylic acids is 1. The van der Waals surface area contributed by atoms with Gasteiger partial charge in [-0.2, -0.15) is 5.10 Å². The van der Waals surface area contributed by atoms with E-state index in [2.05, 4.69) is 5.10 Å². The molecule has 0 aliphatic rings. The number of aromatic nitrogens is 2. The summed E-state index contributed by atoms with van der Waals surface area (Å²) < 4.78 is 6.22. The Labute approximate surface area is 137 Å². The van der Waals surface area contributed by atoms with E-state index in [9.17, 15) is 9.59 Å². The summed E-state index contributed by atoms with van der Waals surface area (Å²) in [5, 5.41) is 14.5. The Morgan fingerprint density at radius 1 is 1.17 bits per heavy atom. The number of nitrogens with zero attached hydrogens (tertiary/aromatic N) is 2. The van der Waals surface area contributed by atoms with Crippen LogP contribution in [0.15, 0.2) is 53.3 Å². The summed E-state index contributed by atoms with van der Waals surface area (Å²) >= 11 is 0. The maximum atomic E-state index is 12.4. The van der Waals surface area contributed by atoms with Gasteiger partial charge in [0.05, 0.1) is 18.2 Å². The van der Waals surface area contributed by atoms with Gasteiger partial charge in [-0.25, -0.2) is 4.68 Å². The second-order valence-electron chi connectivity index (χ2n) is 5.38. The summed E-state index contributed by atoms with van der Waals surface area (Å²) in [6, 6.07) is 14.7. The molecule has 0 amide bonds. The Balaban J connectivity index is 2.13. The number of ether oxygens (including phenoxy) is 1. The highest BCUT2D eigenvalue weighted by Gasteiger charge is 2.13. The monoisotopic (exact) mass is 324 g/mol. The quantitative estimate of drug-likeness (QED) is 0.777. The fourth-order valence-electron chi connectivity index (χ4n) is 2.65. The van der Waals surface area contributed by atoms with E-state index in [4.69, 9.17) is 9.84 Å². The second-order valence-corrected chi connectivity index (χ2v) is 5.38. The molecule has 1 N–H and O–H groups in total. The summed E-state index contributed by atoms with van der Waals surface area (Å²) in [4.78, 5) is 23.4. The number of benzene rings is 2. The minimum absolute atomic E-state index is 0.401. The topological polar surface area (TPSA) is 81.4 Å². The van der Waals surface area contributed by atoms with Gasteiger partial charge in [-0.1, -0.05) is 30.3 Å². The maximum absolute atomic E-state index is 12.4. The standard InChI is InChI=1S/C18H16N2O4/c1-24-13-6-4-5-12(9-13)10-16-14-7-2-3-8-15(14)18(23)20(19-16)11-17(21)22/h2-9H,10-11H2,1H3,(H,21,22). The van der Waals surface area contributed by atoms with Crippen LogP contribution in [-0.2, 0) is 17.8 Å². The Morgan fingerprint density at radius 2 is 1.92 bits per heavy atom. The SMILES string of the molecule is COc1cccc(Cc2nn(CC(=O)O)c(=O)c3ccccc23)c1.